The molecular weight excluding hydrogens is 204 g/mol. The molecule has 6 heteroatoms. The maximum Gasteiger partial charge on any atom is 0.307 e. The molecule has 1 aliphatic carbocycles. The number of halogens is 3. The van der Waals surface area contributed by atoms with Gasteiger partial charge in [0.15, 0.2) is 0 Å². The fourth-order valence-corrected chi connectivity index (χ4v) is 0.961. The lowest BCUT2D eigenvalue weighted by atomic mass is 9.84. The fraction of sp³-hybridized carbons (Fsp3) is 0.857. The zero-order valence-corrected chi connectivity index (χ0v) is 8.00. The van der Waals surface area contributed by atoms with Gasteiger partial charge in [-0.3, -0.25) is 10.5 Å². The maximum atomic E-state index is 12.7. The summed E-state index contributed by atoms with van der Waals surface area (Å²) in [6, 6.07) is 0. The molecular formula is C7H12ClF2NO2. The fourth-order valence-electron chi connectivity index (χ4n) is 0.961. The number of rotatable bonds is 2. The quantitative estimate of drug-likeness (QED) is 0.560. The number of ether oxygens (including phenoxy) is 1. The lowest BCUT2D eigenvalue weighted by Gasteiger charge is -2.44. The molecule has 0 aliphatic heterocycles. The first-order valence-electron chi connectivity index (χ1n) is 3.80. The molecule has 0 bridgehead atoms. The summed E-state index contributed by atoms with van der Waals surface area (Å²) in [6.45, 7) is 1.53. The molecule has 2 N–H and O–H groups in total. The van der Waals surface area contributed by atoms with Crippen LogP contribution in [0.25, 0.3) is 0 Å². The van der Waals surface area contributed by atoms with Gasteiger partial charge in [-0.15, -0.1) is 12.4 Å². The molecule has 1 fully saturated rings. The summed E-state index contributed by atoms with van der Waals surface area (Å²) in [6.07, 6.45) is -0.207. The number of alkyl halides is 2. The Bertz CT molecular complexity index is 213. The molecule has 1 aliphatic rings. The van der Waals surface area contributed by atoms with Gasteiger partial charge >= 0.3 is 11.9 Å². The van der Waals surface area contributed by atoms with Gasteiger partial charge in [-0.1, -0.05) is 6.92 Å². The summed E-state index contributed by atoms with van der Waals surface area (Å²) in [4.78, 5) is 10.7. The van der Waals surface area contributed by atoms with Crippen LogP contribution in [-0.2, 0) is 9.53 Å². The van der Waals surface area contributed by atoms with Gasteiger partial charge < -0.3 is 4.74 Å². The average molecular weight is 216 g/mol. The summed E-state index contributed by atoms with van der Waals surface area (Å²) >= 11 is 0. The number of esters is 1. The molecule has 0 aromatic heterocycles. The Morgan fingerprint density at radius 2 is 2.08 bits per heavy atom. The lowest BCUT2D eigenvalue weighted by Crippen LogP contribution is -2.66. The van der Waals surface area contributed by atoms with Gasteiger partial charge in [0, 0.05) is 19.3 Å². The number of carbonyl (C=O) groups is 1. The Morgan fingerprint density at radius 3 is 2.31 bits per heavy atom. The Balaban J connectivity index is 0.00000144. The minimum atomic E-state index is -3.06. The molecule has 1 rings (SSSR count). The molecule has 1 saturated carbocycles. The number of nitrogens with two attached hydrogens (primary N) is 1. The SMILES string of the molecule is CCC(=O)OC1(N)CCC1(F)F.Cl. The molecule has 1 unspecified atom stereocenters. The number of hydrogen-bond acceptors (Lipinski definition) is 3. The van der Waals surface area contributed by atoms with Gasteiger partial charge in [0.25, 0.3) is 0 Å². The number of carbonyl (C=O) groups excluding carboxylic acids is 1. The van der Waals surface area contributed by atoms with E-state index in [1.54, 1.807) is 0 Å². The summed E-state index contributed by atoms with van der Waals surface area (Å²) in [5.74, 6) is -3.74. The van der Waals surface area contributed by atoms with Crippen molar-refractivity contribution in [2.75, 3.05) is 0 Å². The second-order valence-corrected chi connectivity index (χ2v) is 2.92. The first kappa shape index (κ1) is 12.6. The van der Waals surface area contributed by atoms with Crippen molar-refractivity contribution in [1.29, 1.82) is 0 Å². The molecule has 13 heavy (non-hydrogen) atoms. The predicted octanol–water partition coefficient (Wildman–Crippen LogP) is 1.45. The molecule has 0 saturated heterocycles. The van der Waals surface area contributed by atoms with E-state index in [0.717, 1.165) is 0 Å². The Morgan fingerprint density at radius 1 is 1.54 bits per heavy atom. The second kappa shape index (κ2) is 3.75. The largest absolute Gasteiger partial charge is 0.438 e. The van der Waals surface area contributed by atoms with Crippen molar-refractivity contribution in [3.8, 4) is 0 Å². The number of hydrogen-bond donors (Lipinski definition) is 1. The van der Waals surface area contributed by atoms with Crippen molar-refractivity contribution >= 4 is 18.4 Å². The van der Waals surface area contributed by atoms with E-state index in [9.17, 15) is 13.6 Å². The molecule has 3 nitrogen and oxygen atoms in total. The van der Waals surface area contributed by atoms with E-state index in [-0.39, 0.29) is 31.7 Å². The normalized spacial score (nSPS) is 29.8. The van der Waals surface area contributed by atoms with Gasteiger partial charge in [0.2, 0.25) is 5.72 Å². The van der Waals surface area contributed by atoms with Gasteiger partial charge in [0.05, 0.1) is 0 Å². The van der Waals surface area contributed by atoms with Crippen LogP contribution in [0, 0.1) is 0 Å². The Labute approximate surface area is 81.0 Å². The third-order valence-electron chi connectivity index (χ3n) is 2.01. The smallest absolute Gasteiger partial charge is 0.307 e. The molecule has 0 heterocycles. The lowest BCUT2D eigenvalue weighted by molar-refractivity contribution is -0.260. The predicted molar refractivity (Wildman–Crippen MR) is 44.7 cm³/mol. The highest BCUT2D eigenvalue weighted by atomic mass is 35.5. The van der Waals surface area contributed by atoms with Crippen molar-refractivity contribution in [2.45, 2.75) is 37.8 Å². The second-order valence-electron chi connectivity index (χ2n) is 2.92. The maximum absolute atomic E-state index is 12.7. The van der Waals surface area contributed by atoms with E-state index in [2.05, 4.69) is 4.74 Å². The molecule has 0 aromatic carbocycles. The highest BCUT2D eigenvalue weighted by Crippen LogP contribution is 2.45. The van der Waals surface area contributed by atoms with Gasteiger partial charge in [-0.25, -0.2) is 8.78 Å². The Kier molecular flexibility index (Phi) is 3.63. The highest BCUT2D eigenvalue weighted by molar-refractivity contribution is 5.85. The molecule has 0 amide bonds. The van der Waals surface area contributed by atoms with Crippen LogP contribution in [0.3, 0.4) is 0 Å². The summed E-state index contributed by atoms with van der Waals surface area (Å²) in [5, 5.41) is 0. The topological polar surface area (TPSA) is 52.3 Å². The monoisotopic (exact) mass is 215 g/mol. The van der Waals surface area contributed by atoms with Crippen LogP contribution in [-0.4, -0.2) is 17.6 Å². The average Bonchev–Trinajstić information content (AvgIpc) is 2.02. The van der Waals surface area contributed by atoms with Crippen LogP contribution >= 0.6 is 12.4 Å². The van der Waals surface area contributed by atoms with E-state index in [4.69, 9.17) is 5.73 Å². The van der Waals surface area contributed by atoms with Crippen LogP contribution in [0.1, 0.15) is 26.2 Å². The van der Waals surface area contributed by atoms with E-state index >= 15 is 0 Å². The van der Waals surface area contributed by atoms with E-state index in [0.29, 0.717) is 0 Å². The molecule has 0 aromatic rings. The van der Waals surface area contributed by atoms with E-state index < -0.39 is 17.6 Å². The van der Waals surface area contributed by atoms with Gasteiger partial charge in [-0.05, 0) is 0 Å². The van der Waals surface area contributed by atoms with Crippen molar-refractivity contribution in [3.63, 3.8) is 0 Å². The van der Waals surface area contributed by atoms with Crippen LogP contribution < -0.4 is 5.73 Å². The summed E-state index contributed by atoms with van der Waals surface area (Å²) in [5.41, 5.74) is 3.12. The van der Waals surface area contributed by atoms with Crippen LogP contribution in [0.5, 0.6) is 0 Å². The van der Waals surface area contributed by atoms with Crippen molar-refractivity contribution in [3.05, 3.63) is 0 Å². The van der Waals surface area contributed by atoms with E-state index in [1.165, 1.54) is 6.92 Å². The standard InChI is InChI=1S/C7H11F2NO2.ClH/c1-2-5(11)12-7(10)4-3-6(7,8)9;/h2-4,10H2,1H3;1H. The van der Waals surface area contributed by atoms with Gasteiger partial charge in [-0.2, -0.15) is 0 Å². The molecule has 0 spiro atoms. The molecule has 78 valence electrons. The summed E-state index contributed by atoms with van der Waals surface area (Å²) in [7, 11) is 0. The van der Waals surface area contributed by atoms with Crippen LogP contribution in [0.15, 0.2) is 0 Å². The highest BCUT2D eigenvalue weighted by Gasteiger charge is 2.62. The minimum absolute atomic E-state index is 0. The van der Waals surface area contributed by atoms with Crippen molar-refractivity contribution in [2.24, 2.45) is 5.73 Å². The van der Waals surface area contributed by atoms with Gasteiger partial charge in [0.1, 0.15) is 0 Å². The summed E-state index contributed by atoms with van der Waals surface area (Å²) < 4.78 is 29.8. The minimum Gasteiger partial charge on any atom is -0.438 e. The van der Waals surface area contributed by atoms with E-state index in [1.807, 2.05) is 0 Å². The first-order chi connectivity index (χ1) is 5.41. The van der Waals surface area contributed by atoms with Crippen LogP contribution in [0.2, 0.25) is 0 Å². The van der Waals surface area contributed by atoms with Crippen molar-refractivity contribution < 1.29 is 18.3 Å². The third-order valence-corrected chi connectivity index (χ3v) is 2.01. The van der Waals surface area contributed by atoms with Crippen LogP contribution in [0.4, 0.5) is 8.78 Å². The molecule has 0 radical (unpaired) electrons. The van der Waals surface area contributed by atoms with Crippen molar-refractivity contribution in [1.82, 2.24) is 0 Å². The zero-order valence-electron chi connectivity index (χ0n) is 7.18. The third kappa shape index (κ3) is 2.08. The zero-order chi connectivity index (χ0) is 9.41. The first-order valence-corrected chi connectivity index (χ1v) is 3.80. The molecule has 1 atom stereocenters. The Hall–Kier alpha value is -0.420.